The van der Waals surface area contributed by atoms with Gasteiger partial charge in [-0.25, -0.2) is 0 Å². The van der Waals surface area contributed by atoms with Crippen LogP contribution in [0.1, 0.15) is 31.1 Å². The smallest absolute Gasteiger partial charge is 0.178 e. The van der Waals surface area contributed by atoms with Gasteiger partial charge in [0.15, 0.2) is 11.5 Å². The molecule has 1 aliphatic heterocycles. The molecule has 0 aliphatic carbocycles. The van der Waals surface area contributed by atoms with Gasteiger partial charge in [-0.05, 0) is 43.7 Å². The van der Waals surface area contributed by atoms with Crippen molar-refractivity contribution >= 4 is 17.2 Å². The number of benzene rings is 1. The number of nitrogens with one attached hydrogen (secondary N) is 1. The summed E-state index contributed by atoms with van der Waals surface area (Å²) < 4.78 is 1.85. The van der Waals surface area contributed by atoms with Gasteiger partial charge in [0.05, 0.1) is 11.7 Å². The third kappa shape index (κ3) is 2.46. The van der Waals surface area contributed by atoms with Crippen LogP contribution < -0.4 is 5.32 Å². The molecule has 112 valence electrons. The molecule has 1 saturated heterocycles. The Morgan fingerprint density at radius 3 is 2.68 bits per heavy atom. The van der Waals surface area contributed by atoms with Gasteiger partial charge < -0.3 is 5.32 Å². The highest BCUT2D eigenvalue weighted by Crippen LogP contribution is 2.24. The number of rotatable bonds is 2. The molecule has 1 N–H and O–H groups in total. The molecule has 4 rings (SSSR count). The second-order valence-electron chi connectivity index (χ2n) is 5.56. The first-order valence-electron chi connectivity index (χ1n) is 7.53. The first-order chi connectivity index (χ1) is 10.8. The lowest BCUT2D eigenvalue weighted by Gasteiger charge is -2.21. The van der Waals surface area contributed by atoms with Gasteiger partial charge in [-0.1, -0.05) is 30.2 Å². The fourth-order valence-electron chi connectivity index (χ4n) is 2.87. The van der Waals surface area contributed by atoms with Gasteiger partial charge >= 0.3 is 0 Å². The van der Waals surface area contributed by atoms with Crippen molar-refractivity contribution in [3.05, 3.63) is 47.2 Å². The Balaban J connectivity index is 1.77. The quantitative estimate of drug-likeness (QED) is 0.789. The molecule has 1 aromatic carbocycles. The zero-order chi connectivity index (χ0) is 14.9. The van der Waals surface area contributed by atoms with E-state index in [9.17, 15) is 0 Å². The number of halogens is 1. The number of piperidine rings is 1. The van der Waals surface area contributed by atoms with E-state index in [2.05, 4.69) is 15.5 Å². The Bertz CT molecular complexity index is 790. The Kier molecular flexibility index (Phi) is 3.52. The van der Waals surface area contributed by atoms with Crippen LogP contribution in [-0.2, 0) is 0 Å². The number of aromatic nitrogens is 4. The van der Waals surface area contributed by atoms with Gasteiger partial charge in [0, 0.05) is 10.6 Å². The fourth-order valence-corrected chi connectivity index (χ4v) is 3.00. The Morgan fingerprint density at radius 1 is 1.05 bits per heavy atom. The standard InChI is InChI=1S/C16H16ClN5/c17-12-6-4-11(5-7-12)13-8-9-15-19-20-16(22(15)21-13)14-3-1-2-10-18-14/h4-9,14,18H,1-3,10H2. The van der Waals surface area contributed by atoms with Gasteiger partial charge in [-0.3, -0.25) is 0 Å². The van der Waals surface area contributed by atoms with Crippen molar-refractivity contribution in [3.63, 3.8) is 0 Å². The minimum atomic E-state index is 0.233. The zero-order valence-corrected chi connectivity index (χ0v) is 12.8. The normalized spacial score (nSPS) is 18.7. The number of hydrogen-bond acceptors (Lipinski definition) is 4. The van der Waals surface area contributed by atoms with Gasteiger partial charge in [-0.2, -0.15) is 9.61 Å². The molecule has 1 fully saturated rings. The van der Waals surface area contributed by atoms with Crippen LogP contribution >= 0.6 is 11.6 Å². The molecule has 1 aliphatic rings. The maximum atomic E-state index is 5.95. The summed E-state index contributed by atoms with van der Waals surface area (Å²) in [5, 5.41) is 17.5. The molecular formula is C16H16ClN5. The monoisotopic (exact) mass is 313 g/mol. The highest BCUT2D eigenvalue weighted by atomic mass is 35.5. The second-order valence-corrected chi connectivity index (χ2v) is 5.99. The van der Waals surface area contributed by atoms with E-state index in [0.29, 0.717) is 0 Å². The molecule has 1 unspecified atom stereocenters. The van der Waals surface area contributed by atoms with Crippen LogP contribution in [-0.4, -0.2) is 26.4 Å². The minimum absolute atomic E-state index is 0.233. The largest absolute Gasteiger partial charge is 0.307 e. The van der Waals surface area contributed by atoms with Crippen LogP contribution in [0.2, 0.25) is 5.02 Å². The third-order valence-corrected chi connectivity index (χ3v) is 4.30. The number of hydrogen-bond donors (Lipinski definition) is 1. The Labute approximate surface area is 133 Å². The third-order valence-electron chi connectivity index (χ3n) is 4.05. The van der Waals surface area contributed by atoms with E-state index in [4.69, 9.17) is 16.7 Å². The molecule has 2 aromatic heterocycles. The summed E-state index contributed by atoms with van der Waals surface area (Å²) in [4.78, 5) is 0. The van der Waals surface area contributed by atoms with Crippen LogP contribution in [0.4, 0.5) is 0 Å². The topological polar surface area (TPSA) is 55.1 Å². The first-order valence-corrected chi connectivity index (χ1v) is 7.91. The molecule has 6 heteroatoms. The molecule has 3 aromatic rings. The highest BCUT2D eigenvalue weighted by molar-refractivity contribution is 6.30. The molecule has 0 bridgehead atoms. The van der Waals surface area contributed by atoms with Gasteiger partial charge in [-0.15, -0.1) is 10.2 Å². The predicted octanol–water partition coefficient (Wildman–Crippen LogP) is 3.26. The summed E-state index contributed by atoms with van der Waals surface area (Å²) in [5.41, 5.74) is 2.70. The summed E-state index contributed by atoms with van der Waals surface area (Å²) >= 11 is 5.95. The molecule has 0 amide bonds. The average molecular weight is 314 g/mol. The maximum absolute atomic E-state index is 5.95. The highest BCUT2D eigenvalue weighted by Gasteiger charge is 2.21. The molecule has 1 atom stereocenters. The van der Waals surface area contributed by atoms with Crippen LogP contribution in [0, 0.1) is 0 Å². The van der Waals surface area contributed by atoms with E-state index in [1.54, 1.807) is 0 Å². The molecule has 0 spiro atoms. The summed E-state index contributed by atoms with van der Waals surface area (Å²) in [6.07, 6.45) is 3.51. The van der Waals surface area contributed by atoms with E-state index in [-0.39, 0.29) is 6.04 Å². The lowest BCUT2D eigenvalue weighted by Crippen LogP contribution is -2.28. The predicted molar refractivity (Wildman–Crippen MR) is 85.8 cm³/mol. The van der Waals surface area contributed by atoms with E-state index < -0.39 is 0 Å². The fraction of sp³-hybridized carbons (Fsp3) is 0.312. The maximum Gasteiger partial charge on any atom is 0.178 e. The summed E-state index contributed by atoms with van der Waals surface area (Å²) in [5.74, 6) is 0.894. The van der Waals surface area contributed by atoms with Crippen LogP contribution in [0.15, 0.2) is 36.4 Å². The van der Waals surface area contributed by atoms with Crippen molar-refractivity contribution in [2.24, 2.45) is 0 Å². The first kappa shape index (κ1) is 13.7. The Hall–Kier alpha value is -1.98. The molecule has 3 heterocycles. The second kappa shape index (κ2) is 5.66. The van der Waals surface area contributed by atoms with Crippen LogP contribution in [0.5, 0.6) is 0 Å². The summed E-state index contributed by atoms with van der Waals surface area (Å²) in [7, 11) is 0. The van der Waals surface area contributed by atoms with E-state index in [0.717, 1.165) is 40.7 Å². The van der Waals surface area contributed by atoms with Crippen molar-refractivity contribution in [2.45, 2.75) is 25.3 Å². The van der Waals surface area contributed by atoms with Crippen LogP contribution in [0.3, 0.4) is 0 Å². The van der Waals surface area contributed by atoms with Crippen molar-refractivity contribution in [2.75, 3.05) is 6.54 Å². The SMILES string of the molecule is Clc1ccc(-c2ccc3nnc(C4CCCCN4)n3n2)cc1. The Morgan fingerprint density at radius 2 is 1.91 bits per heavy atom. The van der Waals surface area contributed by atoms with E-state index in [1.165, 1.54) is 12.8 Å². The molecular weight excluding hydrogens is 298 g/mol. The van der Waals surface area contributed by atoms with Crippen molar-refractivity contribution in [1.29, 1.82) is 0 Å². The van der Waals surface area contributed by atoms with Crippen LogP contribution in [0.25, 0.3) is 16.9 Å². The molecule has 5 nitrogen and oxygen atoms in total. The minimum Gasteiger partial charge on any atom is -0.307 e. The number of nitrogens with zero attached hydrogens (tertiary/aromatic N) is 4. The molecule has 22 heavy (non-hydrogen) atoms. The lowest BCUT2D eigenvalue weighted by molar-refractivity contribution is 0.392. The zero-order valence-electron chi connectivity index (χ0n) is 12.0. The summed E-state index contributed by atoms with van der Waals surface area (Å²) in [6, 6.07) is 11.8. The van der Waals surface area contributed by atoms with Gasteiger partial charge in [0.1, 0.15) is 0 Å². The average Bonchev–Trinajstić information content (AvgIpc) is 2.99. The molecule has 0 saturated carbocycles. The number of fused-ring (bicyclic) bond motifs is 1. The van der Waals surface area contributed by atoms with Crippen molar-refractivity contribution in [3.8, 4) is 11.3 Å². The van der Waals surface area contributed by atoms with E-state index in [1.807, 2.05) is 40.9 Å². The van der Waals surface area contributed by atoms with Crippen molar-refractivity contribution in [1.82, 2.24) is 25.1 Å². The van der Waals surface area contributed by atoms with Crippen molar-refractivity contribution < 1.29 is 0 Å². The summed E-state index contributed by atoms with van der Waals surface area (Å²) in [6.45, 7) is 1.02. The van der Waals surface area contributed by atoms with Gasteiger partial charge in [0.2, 0.25) is 0 Å². The van der Waals surface area contributed by atoms with Gasteiger partial charge in [0.25, 0.3) is 0 Å². The lowest BCUT2D eigenvalue weighted by atomic mass is 10.0. The van der Waals surface area contributed by atoms with E-state index >= 15 is 0 Å². The molecule has 0 radical (unpaired) electrons.